The van der Waals surface area contributed by atoms with Gasteiger partial charge in [0, 0.05) is 31.2 Å². The van der Waals surface area contributed by atoms with Crippen molar-refractivity contribution in [2.45, 2.75) is 43.0 Å². The van der Waals surface area contributed by atoms with E-state index in [9.17, 15) is 26.4 Å². The first-order chi connectivity index (χ1) is 18.4. The molecular weight excluding hydrogens is 529 g/mol. The maximum absolute atomic E-state index is 14.2. The molecule has 2 saturated heterocycles. The molecule has 0 radical (unpaired) electrons. The van der Waals surface area contributed by atoms with E-state index in [4.69, 9.17) is 0 Å². The van der Waals surface area contributed by atoms with E-state index in [2.05, 4.69) is 10.00 Å². The number of carbonyl (C=O) groups is 1. The standard InChI is InChI=1S/C28H31F3N4O3S/c1-19-16-34(18-28(19,30)31)27(36)25-15-32-35(23-7-5-22(29)6-8-23)26(25)21-11-13-33(14-12-21)17-20-3-9-24(10-4-20)39(2,37)38/h3-10,15,19,21H,11-14,16-18H2,1-2H3. The first-order valence-electron chi connectivity index (χ1n) is 12.9. The lowest BCUT2D eigenvalue weighted by atomic mass is 9.90. The Kier molecular flexibility index (Phi) is 7.32. The molecule has 0 bridgehead atoms. The highest BCUT2D eigenvalue weighted by molar-refractivity contribution is 7.90. The smallest absolute Gasteiger partial charge is 0.269 e. The first-order valence-corrected chi connectivity index (χ1v) is 14.8. The van der Waals surface area contributed by atoms with Crippen LogP contribution >= 0.6 is 0 Å². The number of amides is 1. The summed E-state index contributed by atoms with van der Waals surface area (Å²) in [5, 5.41) is 4.45. The van der Waals surface area contributed by atoms with E-state index >= 15 is 0 Å². The van der Waals surface area contributed by atoms with Crippen molar-refractivity contribution in [3.8, 4) is 5.69 Å². The monoisotopic (exact) mass is 560 g/mol. The van der Waals surface area contributed by atoms with Crippen molar-refractivity contribution in [3.63, 3.8) is 0 Å². The van der Waals surface area contributed by atoms with Gasteiger partial charge in [-0.05, 0) is 67.9 Å². The van der Waals surface area contributed by atoms with E-state index < -0.39 is 39.9 Å². The van der Waals surface area contributed by atoms with E-state index in [0.29, 0.717) is 36.3 Å². The van der Waals surface area contributed by atoms with E-state index in [-0.39, 0.29) is 17.4 Å². The lowest BCUT2D eigenvalue weighted by molar-refractivity contribution is -0.0202. The van der Waals surface area contributed by atoms with Gasteiger partial charge >= 0.3 is 0 Å². The average molecular weight is 561 g/mol. The molecule has 3 aromatic rings. The summed E-state index contributed by atoms with van der Waals surface area (Å²) in [5.74, 6) is -4.77. The largest absolute Gasteiger partial charge is 0.332 e. The Hall–Kier alpha value is -3.18. The van der Waals surface area contributed by atoms with Crippen LogP contribution in [0.25, 0.3) is 5.69 Å². The van der Waals surface area contributed by atoms with E-state index in [1.165, 1.54) is 36.4 Å². The van der Waals surface area contributed by atoms with Crippen LogP contribution < -0.4 is 0 Å². The number of alkyl halides is 2. The summed E-state index contributed by atoms with van der Waals surface area (Å²) in [5.41, 5.74) is 2.56. The van der Waals surface area contributed by atoms with Crippen molar-refractivity contribution in [3.05, 3.63) is 77.4 Å². The van der Waals surface area contributed by atoms with Gasteiger partial charge < -0.3 is 4.90 Å². The maximum atomic E-state index is 14.2. The number of aromatic nitrogens is 2. The van der Waals surface area contributed by atoms with Crippen molar-refractivity contribution < 1.29 is 26.4 Å². The molecule has 0 spiro atoms. The fraction of sp³-hybridized carbons (Fsp3) is 0.429. The van der Waals surface area contributed by atoms with Gasteiger partial charge in [-0.1, -0.05) is 19.1 Å². The summed E-state index contributed by atoms with van der Waals surface area (Å²) in [7, 11) is -3.26. The van der Waals surface area contributed by atoms with Crippen LogP contribution in [0.1, 0.15) is 47.3 Å². The van der Waals surface area contributed by atoms with Crippen molar-refractivity contribution in [1.29, 1.82) is 0 Å². The van der Waals surface area contributed by atoms with Gasteiger partial charge in [0.15, 0.2) is 9.84 Å². The first kappa shape index (κ1) is 27.4. The number of nitrogens with zero attached hydrogens (tertiary/aromatic N) is 4. The average Bonchev–Trinajstić information content (AvgIpc) is 3.45. The summed E-state index contributed by atoms with van der Waals surface area (Å²) in [6.45, 7) is 2.90. The van der Waals surface area contributed by atoms with Crippen LogP contribution in [0, 0.1) is 11.7 Å². The number of benzene rings is 2. The van der Waals surface area contributed by atoms with Crippen LogP contribution in [0.4, 0.5) is 13.2 Å². The van der Waals surface area contributed by atoms with Gasteiger partial charge in [0.25, 0.3) is 11.8 Å². The summed E-state index contributed by atoms with van der Waals surface area (Å²) >= 11 is 0. The number of hydrogen-bond donors (Lipinski definition) is 0. The molecule has 0 aliphatic carbocycles. The normalized spacial score (nSPS) is 20.4. The van der Waals surface area contributed by atoms with E-state index in [1.54, 1.807) is 28.9 Å². The quantitative estimate of drug-likeness (QED) is 0.443. The molecule has 1 aromatic heterocycles. The van der Waals surface area contributed by atoms with Crippen LogP contribution in [0.2, 0.25) is 0 Å². The Morgan fingerprint density at radius 3 is 2.26 bits per heavy atom. The second-order valence-corrected chi connectivity index (χ2v) is 12.7. The molecule has 7 nitrogen and oxygen atoms in total. The van der Waals surface area contributed by atoms with Crippen molar-refractivity contribution in [2.75, 3.05) is 32.4 Å². The minimum atomic E-state index is -3.26. The second kappa shape index (κ2) is 10.4. The van der Waals surface area contributed by atoms with Crippen LogP contribution in [0.15, 0.2) is 59.6 Å². The molecule has 11 heteroatoms. The van der Waals surface area contributed by atoms with Gasteiger partial charge in [0.2, 0.25) is 0 Å². The fourth-order valence-electron chi connectivity index (χ4n) is 5.43. The number of halogens is 3. The van der Waals surface area contributed by atoms with Gasteiger partial charge in [0.05, 0.1) is 34.6 Å². The molecular formula is C28H31F3N4O3S. The zero-order valence-electron chi connectivity index (χ0n) is 21.9. The molecule has 2 aliphatic rings. The molecule has 0 N–H and O–H groups in total. The predicted molar refractivity (Wildman–Crippen MR) is 140 cm³/mol. The molecule has 2 aromatic carbocycles. The summed E-state index contributed by atoms with van der Waals surface area (Å²) in [6, 6.07) is 12.7. The summed E-state index contributed by atoms with van der Waals surface area (Å²) in [4.78, 5) is 17.2. The van der Waals surface area contributed by atoms with Gasteiger partial charge in [0.1, 0.15) is 5.82 Å². The Bertz CT molecular complexity index is 1450. The highest BCUT2D eigenvalue weighted by atomic mass is 32.2. The second-order valence-electron chi connectivity index (χ2n) is 10.6. The zero-order chi connectivity index (χ0) is 27.9. The number of carbonyl (C=O) groups excluding carboxylic acids is 1. The molecule has 1 amide bonds. The van der Waals surface area contributed by atoms with Gasteiger partial charge in [-0.25, -0.2) is 26.3 Å². The third-order valence-corrected chi connectivity index (χ3v) is 8.87. The van der Waals surface area contributed by atoms with Gasteiger partial charge in [-0.2, -0.15) is 5.10 Å². The topological polar surface area (TPSA) is 75.5 Å². The highest BCUT2D eigenvalue weighted by Gasteiger charge is 2.47. The molecule has 0 saturated carbocycles. The third-order valence-electron chi connectivity index (χ3n) is 7.74. The molecule has 1 atom stereocenters. The van der Waals surface area contributed by atoms with Crippen LogP contribution in [0.3, 0.4) is 0 Å². The maximum Gasteiger partial charge on any atom is 0.269 e. The number of rotatable bonds is 6. The highest BCUT2D eigenvalue weighted by Crippen LogP contribution is 2.37. The van der Waals surface area contributed by atoms with Gasteiger partial charge in [-0.3, -0.25) is 9.69 Å². The van der Waals surface area contributed by atoms with Gasteiger partial charge in [-0.15, -0.1) is 0 Å². The molecule has 2 aliphatic heterocycles. The Morgan fingerprint density at radius 2 is 1.69 bits per heavy atom. The Morgan fingerprint density at radius 1 is 1.05 bits per heavy atom. The number of likely N-dealkylation sites (tertiary alicyclic amines) is 2. The minimum Gasteiger partial charge on any atom is -0.332 e. The molecule has 39 heavy (non-hydrogen) atoms. The Balaban J connectivity index is 1.37. The summed E-state index contributed by atoms with van der Waals surface area (Å²) < 4.78 is 67.2. The molecule has 3 heterocycles. The van der Waals surface area contributed by atoms with E-state index in [0.717, 1.165) is 18.7 Å². The third kappa shape index (κ3) is 5.74. The Labute approximate surface area is 226 Å². The fourth-order valence-corrected chi connectivity index (χ4v) is 6.06. The number of sulfone groups is 1. The van der Waals surface area contributed by atoms with Crippen molar-refractivity contribution in [1.82, 2.24) is 19.6 Å². The number of piperidine rings is 1. The van der Waals surface area contributed by atoms with Crippen molar-refractivity contribution >= 4 is 15.7 Å². The van der Waals surface area contributed by atoms with E-state index in [1.807, 2.05) is 12.1 Å². The zero-order valence-corrected chi connectivity index (χ0v) is 22.7. The predicted octanol–water partition coefficient (Wildman–Crippen LogP) is 4.52. The lowest BCUT2D eigenvalue weighted by Gasteiger charge is -2.33. The lowest BCUT2D eigenvalue weighted by Crippen LogP contribution is -2.35. The summed E-state index contributed by atoms with van der Waals surface area (Å²) in [6.07, 6.45) is 4.04. The van der Waals surface area contributed by atoms with Crippen molar-refractivity contribution in [2.24, 2.45) is 5.92 Å². The SMILES string of the molecule is CC1CN(C(=O)c2cnn(-c3ccc(F)cc3)c2C2CCN(Cc3ccc(S(C)(=O)=O)cc3)CC2)CC1(F)F. The number of hydrogen-bond acceptors (Lipinski definition) is 5. The minimum absolute atomic E-state index is 0.0242. The van der Waals surface area contributed by atoms with Crippen LogP contribution in [0.5, 0.6) is 0 Å². The van der Waals surface area contributed by atoms with Crippen LogP contribution in [-0.4, -0.2) is 72.3 Å². The molecule has 5 rings (SSSR count). The molecule has 208 valence electrons. The van der Waals surface area contributed by atoms with Crippen LogP contribution in [-0.2, 0) is 16.4 Å². The molecule has 2 fully saturated rings. The molecule has 1 unspecified atom stereocenters.